The first-order chi connectivity index (χ1) is 6.57. The minimum absolute atomic E-state index is 0.238. The molecule has 0 radical (unpaired) electrons. The second kappa shape index (κ2) is 7.28. The topological polar surface area (TPSA) is 93.1 Å². The van der Waals surface area contributed by atoms with Crippen molar-refractivity contribution in [1.29, 1.82) is 0 Å². The van der Waals surface area contributed by atoms with Gasteiger partial charge in [-0.2, -0.15) is 4.89 Å². The summed E-state index contributed by atoms with van der Waals surface area (Å²) in [5, 5.41) is 17.1. The van der Waals surface area contributed by atoms with Gasteiger partial charge in [-0.3, -0.25) is 9.68 Å². The van der Waals surface area contributed by atoms with Crippen LogP contribution in [-0.4, -0.2) is 34.9 Å². The summed E-state index contributed by atoms with van der Waals surface area (Å²) in [5.74, 6) is -2.36. The van der Waals surface area contributed by atoms with E-state index in [4.69, 9.17) is 10.2 Å². The Morgan fingerprint density at radius 1 is 1.43 bits per heavy atom. The van der Waals surface area contributed by atoms with E-state index in [1.54, 1.807) is 0 Å². The van der Waals surface area contributed by atoms with E-state index in [-0.39, 0.29) is 6.61 Å². The fourth-order valence-electron chi connectivity index (χ4n) is 0.607. The molecule has 0 bridgehead atoms. The molecule has 0 aromatic rings. The van der Waals surface area contributed by atoms with Crippen LogP contribution in [0.3, 0.4) is 0 Å². The first-order valence-corrected chi connectivity index (χ1v) is 4.31. The van der Waals surface area contributed by atoms with Gasteiger partial charge in [0.2, 0.25) is 0 Å². The van der Waals surface area contributed by atoms with Crippen molar-refractivity contribution in [3.8, 4) is 0 Å². The highest BCUT2D eigenvalue weighted by Gasteiger charge is 2.20. The quantitative estimate of drug-likeness (QED) is 0.348. The molecule has 0 rings (SSSR count). The highest BCUT2D eigenvalue weighted by molar-refractivity contribution is 5.80. The van der Waals surface area contributed by atoms with Gasteiger partial charge >= 0.3 is 11.9 Å². The van der Waals surface area contributed by atoms with E-state index in [0.717, 1.165) is 12.8 Å². The van der Waals surface area contributed by atoms with Gasteiger partial charge in [-0.15, -0.1) is 0 Å². The van der Waals surface area contributed by atoms with Crippen LogP contribution >= 0.6 is 0 Å². The van der Waals surface area contributed by atoms with E-state index in [9.17, 15) is 9.59 Å². The molecule has 1 unspecified atom stereocenters. The minimum atomic E-state index is -1.67. The number of carboxylic acid groups (broad SMARTS) is 1. The number of carbonyl (C=O) groups excluding carboxylic acids is 1. The highest BCUT2D eigenvalue weighted by atomic mass is 17.2. The zero-order chi connectivity index (χ0) is 11.0. The number of unbranched alkanes of at least 4 members (excludes halogenated alkanes) is 1. The second-order valence-corrected chi connectivity index (χ2v) is 2.69. The lowest BCUT2D eigenvalue weighted by molar-refractivity contribution is -0.279. The van der Waals surface area contributed by atoms with Gasteiger partial charge in [0.05, 0.1) is 13.0 Å². The standard InChI is InChI=1S/C8H14O6/c1-2-3-4-13-14-8(12)6(9)5-7(10)11/h6,9H,2-5H2,1H3,(H,10,11). The van der Waals surface area contributed by atoms with Crippen molar-refractivity contribution in [2.24, 2.45) is 0 Å². The number of carboxylic acids is 1. The minimum Gasteiger partial charge on any atom is -0.481 e. The van der Waals surface area contributed by atoms with Crippen LogP contribution in [0.25, 0.3) is 0 Å². The third-order valence-electron chi connectivity index (χ3n) is 1.36. The molecule has 14 heavy (non-hydrogen) atoms. The molecule has 0 spiro atoms. The van der Waals surface area contributed by atoms with Crippen LogP contribution in [0.4, 0.5) is 0 Å². The largest absolute Gasteiger partial charge is 0.481 e. The van der Waals surface area contributed by atoms with Crippen LogP contribution in [0.5, 0.6) is 0 Å². The summed E-state index contributed by atoms with van der Waals surface area (Å²) in [6.07, 6.45) is -0.748. The van der Waals surface area contributed by atoms with Crippen LogP contribution in [-0.2, 0) is 19.4 Å². The van der Waals surface area contributed by atoms with E-state index < -0.39 is 24.5 Å². The molecule has 0 aromatic heterocycles. The van der Waals surface area contributed by atoms with Gasteiger partial charge in [0.15, 0.2) is 6.10 Å². The summed E-state index contributed by atoms with van der Waals surface area (Å²) in [6, 6.07) is 0. The van der Waals surface area contributed by atoms with Crippen LogP contribution in [0.15, 0.2) is 0 Å². The molecule has 82 valence electrons. The lowest BCUT2D eigenvalue weighted by atomic mass is 10.3. The molecule has 0 saturated carbocycles. The Kier molecular flexibility index (Phi) is 6.69. The summed E-state index contributed by atoms with van der Waals surface area (Å²) in [4.78, 5) is 29.5. The van der Waals surface area contributed by atoms with Gasteiger partial charge < -0.3 is 10.2 Å². The van der Waals surface area contributed by atoms with E-state index in [2.05, 4.69) is 9.78 Å². The van der Waals surface area contributed by atoms with E-state index >= 15 is 0 Å². The molecule has 0 aliphatic rings. The van der Waals surface area contributed by atoms with Gasteiger partial charge in [0, 0.05) is 0 Å². The summed E-state index contributed by atoms with van der Waals surface area (Å²) < 4.78 is 0. The molecular weight excluding hydrogens is 192 g/mol. The molecule has 0 aliphatic heterocycles. The molecule has 6 nitrogen and oxygen atoms in total. The molecule has 0 saturated heterocycles. The van der Waals surface area contributed by atoms with Crippen molar-refractivity contribution in [3.63, 3.8) is 0 Å². The van der Waals surface area contributed by atoms with Crippen LogP contribution < -0.4 is 0 Å². The van der Waals surface area contributed by atoms with Gasteiger partial charge in [-0.1, -0.05) is 13.3 Å². The van der Waals surface area contributed by atoms with Gasteiger partial charge in [-0.25, -0.2) is 4.79 Å². The maximum absolute atomic E-state index is 10.8. The third kappa shape index (κ3) is 6.38. The number of rotatable bonds is 7. The Hall–Kier alpha value is -1.14. The Morgan fingerprint density at radius 3 is 2.57 bits per heavy atom. The smallest absolute Gasteiger partial charge is 0.371 e. The normalized spacial score (nSPS) is 12.1. The molecule has 0 amide bonds. The average molecular weight is 206 g/mol. The number of hydrogen-bond acceptors (Lipinski definition) is 5. The third-order valence-corrected chi connectivity index (χ3v) is 1.36. The van der Waals surface area contributed by atoms with Crippen LogP contribution in [0, 0.1) is 0 Å². The number of carbonyl (C=O) groups is 2. The fraction of sp³-hybridized carbons (Fsp3) is 0.750. The van der Waals surface area contributed by atoms with Gasteiger partial charge in [-0.05, 0) is 6.42 Å². The molecule has 0 aliphatic carbocycles. The molecule has 0 aromatic carbocycles. The highest BCUT2D eigenvalue weighted by Crippen LogP contribution is 1.97. The lowest BCUT2D eigenvalue weighted by Crippen LogP contribution is -2.26. The first-order valence-electron chi connectivity index (χ1n) is 4.31. The molecule has 0 fully saturated rings. The summed E-state index contributed by atoms with van der Waals surface area (Å²) >= 11 is 0. The van der Waals surface area contributed by atoms with E-state index in [0.29, 0.717) is 0 Å². The lowest BCUT2D eigenvalue weighted by Gasteiger charge is -2.06. The monoisotopic (exact) mass is 206 g/mol. The maximum Gasteiger partial charge on any atom is 0.371 e. The number of aliphatic hydroxyl groups is 1. The average Bonchev–Trinajstić information content (AvgIpc) is 2.11. The SMILES string of the molecule is CCCCOOC(=O)C(O)CC(=O)O. The van der Waals surface area contributed by atoms with Gasteiger partial charge in [0.1, 0.15) is 0 Å². The van der Waals surface area contributed by atoms with Gasteiger partial charge in [0.25, 0.3) is 0 Å². The van der Waals surface area contributed by atoms with E-state index in [1.807, 2.05) is 6.92 Å². The van der Waals surface area contributed by atoms with E-state index in [1.165, 1.54) is 0 Å². The zero-order valence-corrected chi connectivity index (χ0v) is 7.93. The van der Waals surface area contributed by atoms with Crippen molar-refractivity contribution in [3.05, 3.63) is 0 Å². The molecule has 0 heterocycles. The molecular formula is C8H14O6. The Labute approximate surface area is 81.4 Å². The van der Waals surface area contributed by atoms with Crippen LogP contribution in [0.2, 0.25) is 0 Å². The number of hydrogen-bond donors (Lipinski definition) is 2. The first kappa shape index (κ1) is 12.9. The Morgan fingerprint density at radius 2 is 2.07 bits per heavy atom. The van der Waals surface area contributed by atoms with Crippen molar-refractivity contribution in [1.82, 2.24) is 0 Å². The van der Waals surface area contributed by atoms with Crippen molar-refractivity contribution >= 4 is 11.9 Å². The predicted octanol–water partition coefficient (Wildman–Crippen LogP) is 0.0969. The zero-order valence-electron chi connectivity index (χ0n) is 7.93. The summed E-state index contributed by atoms with van der Waals surface area (Å²) in [7, 11) is 0. The Balaban J connectivity index is 3.57. The Bertz CT molecular complexity index is 190. The van der Waals surface area contributed by atoms with Crippen molar-refractivity contribution in [2.75, 3.05) is 6.61 Å². The summed E-state index contributed by atoms with van der Waals surface area (Å²) in [5.41, 5.74) is 0. The fourth-order valence-corrected chi connectivity index (χ4v) is 0.607. The maximum atomic E-state index is 10.8. The molecule has 1 atom stereocenters. The number of aliphatic carboxylic acids is 1. The van der Waals surface area contributed by atoms with Crippen molar-refractivity contribution < 1.29 is 29.6 Å². The second-order valence-electron chi connectivity index (χ2n) is 2.69. The van der Waals surface area contributed by atoms with Crippen LogP contribution in [0.1, 0.15) is 26.2 Å². The van der Waals surface area contributed by atoms with Crippen molar-refractivity contribution in [2.45, 2.75) is 32.3 Å². The molecule has 2 N–H and O–H groups in total. The predicted molar refractivity (Wildman–Crippen MR) is 45.2 cm³/mol. The molecule has 6 heteroatoms. The summed E-state index contributed by atoms with van der Waals surface area (Å²) in [6.45, 7) is 2.17. The number of aliphatic hydroxyl groups excluding tert-OH is 1.